The van der Waals surface area contributed by atoms with Crippen molar-refractivity contribution in [2.24, 2.45) is 10.9 Å². The Labute approximate surface area is 69.5 Å². The van der Waals surface area contributed by atoms with Gasteiger partial charge in [-0.3, -0.25) is 4.99 Å². The summed E-state index contributed by atoms with van der Waals surface area (Å²) in [6, 6.07) is 0. The van der Waals surface area contributed by atoms with Crippen LogP contribution in [0.4, 0.5) is 0 Å². The second-order valence-electron chi connectivity index (χ2n) is 2.89. The third-order valence-electron chi connectivity index (χ3n) is 1.29. The second-order valence-corrected chi connectivity index (χ2v) is 2.89. The number of hydrogen-bond acceptors (Lipinski definition) is 1. The summed E-state index contributed by atoms with van der Waals surface area (Å²) in [6.45, 7) is 7.97. The molecule has 0 atom stereocenters. The zero-order valence-electron chi connectivity index (χ0n) is 7.46. The van der Waals surface area contributed by atoms with Crippen molar-refractivity contribution in [1.29, 1.82) is 0 Å². The lowest BCUT2D eigenvalue weighted by molar-refractivity contribution is 0.594. The van der Waals surface area contributed by atoms with E-state index in [2.05, 4.69) is 31.5 Å². The predicted octanol–water partition coefficient (Wildman–Crippen LogP) is 3.19. The average Bonchev–Trinajstić information content (AvgIpc) is 1.96. The summed E-state index contributed by atoms with van der Waals surface area (Å²) < 4.78 is 0. The number of hydrogen-bond donors (Lipinski definition) is 0. The molecule has 0 unspecified atom stereocenters. The quantitative estimate of drug-likeness (QED) is 0.535. The van der Waals surface area contributed by atoms with E-state index in [0.717, 1.165) is 12.3 Å². The van der Waals surface area contributed by atoms with Crippen LogP contribution in [0.1, 0.15) is 26.7 Å². The highest BCUT2D eigenvalue weighted by atomic mass is 14.6. The summed E-state index contributed by atoms with van der Waals surface area (Å²) in [7, 11) is 0. The van der Waals surface area contributed by atoms with Gasteiger partial charge < -0.3 is 0 Å². The zero-order valence-corrected chi connectivity index (χ0v) is 7.46. The molecule has 0 aliphatic heterocycles. The Kier molecular flexibility index (Phi) is 6.70. The Bertz CT molecular complexity index is 143. The summed E-state index contributed by atoms with van der Waals surface area (Å²) in [6.07, 6.45) is 9.62. The first-order chi connectivity index (χ1) is 5.27. The Morgan fingerprint density at radius 1 is 1.45 bits per heavy atom. The molecule has 0 bridgehead atoms. The van der Waals surface area contributed by atoms with Gasteiger partial charge in [0.2, 0.25) is 0 Å². The molecule has 0 aromatic carbocycles. The molecule has 0 radical (unpaired) electrons. The van der Waals surface area contributed by atoms with E-state index >= 15 is 0 Å². The molecule has 62 valence electrons. The van der Waals surface area contributed by atoms with E-state index in [1.807, 2.05) is 6.20 Å². The summed E-state index contributed by atoms with van der Waals surface area (Å²) >= 11 is 0. The van der Waals surface area contributed by atoms with E-state index in [-0.39, 0.29) is 0 Å². The molecule has 11 heavy (non-hydrogen) atoms. The fraction of sp³-hybridized carbons (Fsp3) is 0.500. The highest BCUT2D eigenvalue weighted by Crippen LogP contribution is 2.03. The summed E-state index contributed by atoms with van der Waals surface area (Å²) in [5, 5.41) is 0. The minimum absolute atomic E-state index is 0.781. The van der Waals surface area contributed by atoms with Crippen LogP contribution in [0.15, 0.2) is 29.9 Å². The largest absolute Gasteiger partial charge is 0.265 e. The van der Waals surface area contributed by atoms with Gasteiger partial charge in [0.25, 0.3) is 0 Å². The summed E-state index contributed by atoms with van der Waals surface area (Å²) in [5.41, 5.74) is 0. The maximum atomic E-state index is 3.96. The molecule has 0 aromatic heterocycles. The minimum Gasteiger partial charge on any atom is -0.265 e. The molecule has 0 aromatic rings. The van der Waals surface area contributed by atoms with Crippen LogP contribution in [-0.2, 0) is 0 Å². The molecule has 0 aliphatic carbocycles. The van der Waals surface area contributed by atoms with Crippen LogP contribution in [0.5, 0.6) is 0 Å². The van der Waals surface area contributed by atoms with E-state index in [0.29, 0.717) is 0 Å². The minimum atomic E-state index is 0.781. The molecule has 0 saturated heterocycles. The van der Waals surface area contributed by atoms with Crippen molar-refractivity contribution in [2.75, 3.05) is 0 Å². The number of aliphatic imine (C=N–C) groups is 1. The Morgan fingerprint density at radius 2 is 2.18 bits per heavy atom. The van der Waals surface area contributed by atoms with Gasteiger partial charge in [-0.05, 0) is 18.8 Å². The van der Waals surface area contributed by atoms with Gasteiger partial charge >= 0.3 is 0 Å². The van der Waals surface area contributed by atoms with Crippen LogP contribution < -0.4 is 0 Å². The Morgan fingerprint density at radius 3 is 2.73 bits per heavy atom. The first-order valence-electron chi connectivity index (χ1n) is 4.06. The second kappa shape index (κ2) is 7.26. The van der Waals surface area contributed by atoms with Gasteiger partial charge in [-0.2, -0.15) is 0 Å². The lowest BCUT2D eigenvalue weighted by Gasteiger charge is -1.97. The highest BCUT2D eigenvalue weighted by molar-refractivity contribution is 5.70. The van der Waals surface area contributed by atoms with Gasteiger partial charge in [0.1, 0.15) is 0 Å². The lowest BCUT2D eigenvalue weighted by atomic mass is 10.1. The van der Waals surface area contributed by atoms with Crippen molar-refractivity contribution >= 4 is 6.21 Å². The van der Waals surface area contributed by atoms with Crippen LogP contribution in [0, 0.1) is 5.92 Å². The van der Waals surface area contributed by atoms with E-state index in [9.17, 15) is 0 Å². The van der Waals surface area contributed by atoms with Gasteiger partial charge in [0, 0.05) is 12.4 Å². The fourth-order valence-electron chi connectivity index (χ4n) is 0.676. The Hall–Kier alpha value is -0.850. The predicted molar refractivity (Wildman–Crippen MR) is 51.9 cm³/mol. The first-order valence-corrected chi connectivity index (χ1v) is 4.06. The fourth-order valence-corrected chi connectivity index (χ4v) is 0.676. The van der Waals surface area contributed by atoms with Crippen LogP contribution >= 0.6 is 0 Å². The molecule has 0 saturated carbocycles. The average molecular weight is 151 g/mol. The molecule has 0 N–H and O–H groups in total. The van der Waals surface area contributed by atoms with E-state index in [4.69, 9.17) is 0 Å². The Balaban J connectivity index is 3.30. The standard InChI is InChI=1S/C10H17N/c1-4-8-11-9-6-5-7-10(2)3/h4,6,8-10H,1,5,7H2,2-3H3/b9-6-,11-8-. The molecule has 0 spiro atoms. The molecule has 1 nitrogen and oxygen atoms in total. The molecular formula is C10H17N. The topological polar surface area (TPSA) is 12.4 Å². The van der Waals surface area contributed by atoms with Crippen molar-refractivity contribution in [2.45, 2.75) is 26.7 Å². The van der Waals surface area contributed by atoms with Gasteiger partial charge in [0.05, 0.1) is 0 Å². The maximum absolute atomic E-state index is 3.96. The molecule has 0 fully saturated rings. The third-order valence-corrected chi connectivity index (χ3v) is 1.29. The molecule has 0 heterocycles. The first kappa shape index (κ1) is 10.2. The van der Waals surface area contributed by atoms with Crippen LogP contribution in [0.25, 0.3) is 0 Å². The van der Waals surface area contributed by atoms with Crippen molar-refractivity contribution < 1.29 is 0 Å². The van der Waals surface area contributed by atoms with E-state index < -0.39 is 0 Å². The van der Waals surface area contributed by atoms with Crippen LogP contribution in [0.3, 0.4) is 0 Å². The normalized spacial score (nSPS) is 11.9. The van der Waals surface area contributed by atoms with Gasteiger partial charge in [-0.25, -0.2) is 0 Å². The van der Waals surface area contributed by atoms with Gasteiger partial charge in [-0.1, -0.05) is 32.6 Å². The molecule has 0 rings (SSSR count). The van der Waals surface area contributed by atoms with E-state index in [1.165, 1.54) is 6.42 Å². The molecule has 1 heteroatoms. The van der Waals surface area contributed by atoms with Crippen molar-refractivity contribution in [3.63, 3.8) is 0 Å². The van der Waals surface area contributed by atoms with Crippen molar-refractivity contribution in [1.82, 2.24) is 0 Å². The van der Waals surface area contributed by atoms with Crippen molar-refractivity contribution in [3.05, 3.63) is 24.9 Å². The van der Waals surface area contributed by atoms with Gasteiger partial charge in [0.15, 0.2) is 0 Å². The third kappa shape index (κ3) is 9.15. The lowest BCUT2D eigenvalue weighted by Crippen LogP contribution is -1.83. The number of allylic oxidation sites excluding steroid dienone is 2. The van der Waals surface area contributed by atoms with Crippen LogP contribution in [-0.4, -0.2) is 6.21 Å². The SMILES string of the molecule is C=C/C=N\C=C/CCC(C)C. The number of nitrogens with zero attached hydrogens (tertiary/aromatic N) is 1. The molecule has 0 aliphatic rings. The maximum Gasteiger partial charge on any atom is 0.0261 e. The summed E-state index contributed by atoms with van der Waals surface area (Å²) in [5.74, 6) is 0.781. The highest BCUT2D eigenvalue weighted by Gasteiger charge is 1.88. The van der Waals surface area contributed by atoms with Crippen molar-refractivity contribution in [3.8, 4) is 0 Å². The van der Waals surface area contributed by atoms with E-state index in [1.54, 1.807) is 12.3 Å². The summed E-state index contributed by atoms with van der Waals surface area (Å²) in [4.78, 5) is 3.96. The smallest absolute Gasteiger partial charge is 0.0261 e. The number of rotatable bonds is 5. The van der Waals surface area contributed by atoms with Crippen LogP contribution in [0.2, 0.25) is 0 Å². The zero-order chi connectivity index (χ0) is 8.53. The molecular weight excluding hydrogens is 134 g/mol. The van der Waals surface area contributed by atoms with Gasteiger partial charge in [-0.15, -0.1) is 0 Å². The molecule has 0 amide bonds. The monoisotopic (exact) mass is 151 g/mol.